The summed E-state index contributed by atoms with van der Waals surface area (Å²) in [6, 6.07) is 17.0. The fraction of sp³-hybridized carbons (Fsp3) is 0.286. The third kappa shape index (κ3) is 3.50. The number of ether oxygens (including phenoxy) is 2. The van der Waals surface area contributed by atoms with Gasteiger partial charge < -0.3 is 24.6 Å². The van der Waals surface area contributed by atoms with Crippen molar-refractivity contribution in [2.24, 2.45) is 0 Å². The summed E-state index contributed by atoms with van der Waals surface area (Å²) in [5.41, 5.74) is 3.81. The number of amides is 1. The van der Waals surface area contributed by atoms with Gasteiger partial charge in [0.15, 0.2) is 5.60 Å². The molecule has 0 atom stereocenters. The molecule has 1 spiro atoms. The van der Waals surface area contributed by atoms with E-state index < -0.39 is 11.6 Å². The van der Waals surface area contributed by atoms with Gasteiger partial charge in [0.25, 0.3) is 5.91 Å². The lowest BCUT2D eigenvalue weighted by Gasteiger charge is -2.37. The van der Waals surface area contributed by atoms with Crippen molar-refractivity contribution in [1.82, 2.24) is 5.32 Å². The number of hydrogen-bond donors (Lipinski definition) is 1. The molecule has 0 aliphatic carbocycles. The number of carbonyl (C=O) groups is 2. The molecule has 1 N–H and O–H groups in total. The second-order valence-electron chi connectivity index (χ2n) is 9.34. The third-order valence-electron chi connectivity index (χ3n) is 6.60. The monoisotopic (exact) mass is 471 g/mol. The standard InChI is InChI=1S/C28H29N3O4/c1-6-13-29-26(32)17-7-10-21-20(14-17)27(33)35-28(21)22-11-8-18(30(2)3)15-24(22)34-25-16-19(31(4)5)9-12-23(25)28/h7-12,14-16H,6,13H2,1-5H3,(H,29,32). The van der Waals surface area contributed by atoms with Crippen molar-refractivity contribution in [1.29, 1.82) is 0 Å². The Bertz CT molecular complexity index is 1290. The van der Waals surface area contributed by atoms with Gasteiger partial charge in [-0.2, -0.15) is 0 Å². The van der Waals surface area contributed by atoms with Gasteiger partial charge in [0.2, 0.25) is 0 Å². The van der Waals surface area contributed by atoms with Gasteiger partial charge in [0.1, 0.15) is 11.5 Å². The summed E-state index contributed by atoms with van der Waals surface area (Å²) in [6.07, 6.45) is 0.833. The zero-order chi connectivity index (χ0) is 24.9. The predicted octanol–water partition coefficient (Wildman–Crippen LogP) is 4.53. The largest absolute Gasteiger partial charge is 0.456 e. The highest BCUT2D eigenvalue weighted by atomic mass is 16.6. The minimum Gasteiger partial charge on any atom is -0.456 e. The van der Waals surface area contributed by atoms with E-state index in [1.807, 2.05) is 87.4 Å². The molecule has 2 aliphatic rings. The molecule has 2 aliphatic heterocycles. The summed E-state index contributed by atoms with van der Waals surface area (Å²) in [7, 11) is 7.87. The topological polar surface area (TPSA) is 71.1 Å². The maximum atomic E-state index is 13.3. The number of nitrogens with one attached hydrogen (secondary N) is 1. The van der Waals surface area contributed by atoms with Crippen LogP contribution in [-0.2, 0) is 10.3 Å². The minimum absolute atomic E-state index is 0.206. The van der Waals surface area contributed by atoms with Crippen LogP contribution in [0.3, 0.4) is 0 Å². The predicted molar refractivity (Wildman–Crippen MR) is 136 cm³/mol. The molecule has 0 saturated carbocycles. The van der Waals surface area contributed by atoms with Crippen LogP contribution in [0.15, 0.2) is 54.6 Å². The lowest BCUT2D eigenvalue weighted by Crippen LogP contribution is -2.33. The number of anilines is 2. The normalized spacial score (nSPS) is 14.4. The highest BCUT2D eigenvalue weighted by Crippen LogP contribution is 2.57. The fourth-order valence-electron chi connectivity index (χ4n) is 4.74. The Kier molecular flexibility index (Phi) is 5.43. The molecule has 0 unspecified atom stereocenters. The molecular weight excluding hydrogens is 442 g/mol. The second-order valence-corrected chi connectivity index (χ2v) is 9.34. The molecule has 3 aromatic rings. The first kappa shape index (κ1) is 22.8. The first-order valence-corrected chi connectivity index (χ1v) is 11.7. The van der Waals surface area contributed by atoms with Crippen molar-refractivity contribution >= 4 is 23.3 Å². The van der Waals surface area contributed by atoms with Crippen molar-refractivity contribution < 1.29 is 19.1 Å². The fourth-order valence-corrected chi connectivity index (χ4v) is 4.74. The van der Waals surface area contributed by atoms with Crippen molar-refractivity contribution in [3.05, 3.63) is 82.4 Å². The van der Waals surface area contributed by atoms with Gasteiger partial charge >= 0.3 is 5.97 Å². The smallest absolute Gasteiger partial charge is 0.340 e. The Labute approximate surface area is 205 Å². The number of benzene rings is 3. The average molecular weight is 472 g/mol. The lowest BCUT2D eigenvalue weighted by molar-refractivity contribution is 0.0224. The summed E-state index contributed by atoms with van der Waals surface area (Å²) in [5, 5.41) is 2.87. The van der Waals surface area contributed by atoms with Gasteiger partial charge in [0, 0.05) is 80.5 Å². The Balaban J connectivity index is 1.73. The van der Waals surface area contributed by atoms with Crippen LogP contribution >= 0.6 is 0 Å². The summed E-state index contributed by atoms with van der Waals surface area (Å²) >= 11 is 0. The van der Waals surface area contributed by atoms with Crippen LogP contribution < -0.4 is 19.9 Å². The van der Waals surface area contributed by atoms with Crippen LogP contribution in [0.5, 0.6) is 11.5 Å². The summed E-state index contributed by atoms with van der Waals surface area (Å²) in [6.45, 7) is 2.57. The first-order chi connectivity index (χ1) is 16.8. The second kappa shape index (κ2) is 8.34. The van der Waals surface area contributed by atoms with Crippen molar-refractivity contribution in [3.8, 4) is 11.5 Å². The minimum atomic E-state index is -1.16. The molecule has 7 heteroatoms. The van der Waals surface area contributed by atoms with E-state index in [4.69, 9.17) is 9.47 Å². The Morgan fingerprint density at radius 1 is 0.857 bits per heavy atom. The van der Waals surface area contributed by atoms with Crippen LogP contribution in [0, 0.1) is 0 Å². The van der Waals surface area contributed by atoms with E-state index in [0.717, 1.165) is 28.9 Å². The number of carbonyl (C=O) groups excluding carboxylic acids is 2. The van der Waals surface area contributed by atoms with Crippen LogP contribution in [0.25, 0.3) is 0 Å². The van der Waals surface area contributed by atoms with E-state index >= 15 is 0 Å². The van der Waals surface area contributed by atoms with E-state index in [1.165, 1.54) is 0 Å². The summed E-state index contributed by atoms with van der Waals surface area (Å²) < 4.78 is 12.6. The number of hydrogen-bond acceptors (Lipinski definition) is 6. The van der Waals surface area contributed by atoms with Gasteiger partial charge in [-0.3, -0.25) is 4.79 Å². The lowest BCUT2D eigenvalue weighted by atomic mass is 9.77. The summed E-state index contributed by atoms with van der Waals surface area (Å²) in [5.74, 6) is 0.592. The van der Waals surface area contributed by atoms with E-state index in [0.29, 0.717) is 34.7 Å². The number of nitrogens with zero attached hydrogens (tertiary/aromatic N) is 2. The Morgan fingerprint density at radius 3 is 1.97 bits per heavy atom. The molecule has 1 amide bonds. The molecule has 0 radical (unpaired) electrons. The van der Waals surface area contributed by atoms with Gasteiger partial charge in [-0.15, -0.1) is 0 Å². The van der Waals surface area contributed by atoms with E-state index in [9.17, 15) is 9.59 Å². The SMILES string of the molecule is CCCNC(=O)c1ccc2c(c1)C(=O)OC21c2ccc(N(C)C)cc2Oc2cc(N(C)C)ccc21. The van der Waals surface area contributed by atoms with Crippen molar-refractivity contribution in [3.63, 3.8) is 0 Å². The maximum absolute atomic E-state index is 13.3. The molecule has 7 nitrogen and oxygen atoms in total. The summed E-state index contributed by atoms with van der Waals surface area (Å²) in [4.78, 5) is 29.9. The quantitative estimate of drug-likeness (QED) is 0.552. The molecule has 3 aromatic carbocycles. The van der Waals surface area contributed by atoms with Crippen molar-refractivity contribution in [2.45, 2.75) is 18.9 Å². The van der Waals surface area contributed by atoms with Crippen LogP contribution in [-0.4, -0.2) is 46.6 Å². The average Bonchev–Trinajstić information content (AvgIpc) is 3.14. The van der Waals surface area contributed by atoms with E-state index in [2.05, 4.69) is 5.32 Å². The molecule has 0 saturated heterocycles. The highest BCUT2D eigenvalue weighted by molar-refractivity contribution is 6.01. The molecule has 0 aromatic heterocycles. The number of fused-ring (bicyclic) bond motifs is 6. The zero-order valence-corrected chi connectivity index (χ0v) is 20.6. The third-order valence-corrected chi connectivity index (χ3v) is 6.60. The van der Waals surface area contributed by atoms with Gasteiger partial charge in [-0.1, -0.05) is 13.0 Å². The highest BCUT2D eigenvalue weighted by Gasteiger charge is 2.53. The Hall–Kier alpha value is -4.00. The van der Waals surface area contributed by atoms with Crippen LogP contribution in [0.1, 0.15) is 50.8 Å². The molecule has 35 heavy (non-hydrogen) atoms. The van der Waals surface area contributed by atoms with Gasteiger partial charge in [-0.25, -0.2) is 4.79 Å². The molecule has 0 bridgehead atoms. The van der Waals surface area contributed by atoms with Gasteiger partial charge in [0.05, 0.1) is 5.56 Å². The van der Waals surface area contributed by atoms with E-state index in [1.54, 1.807) is 12.1 Å². The Morgan fingerprint density at radius 2 is 1.43 bits per heavy atom. The molecule has 2 heterocycles. The maximum Gasteiger partial charge on any atom is 0.340 e. The van der Waals surface area contributed by atoms with E-state index in [-0.39, 0.29) is 5.91 Å². The zero-order valence-electron chi connectivity index (χ0n) is 20.6. The van der Waals surface area contributed by atoms with Crippen LogP contribution in [0.4, 0.5) is 11.4 Å². The number of rotatable bonds is 5. The molecular formula is C28H29N3O4. The molecule has 5 rings (SSSR count). The number of esters is 1. The first-order valence-electron chi connectivity index (χ1n) is 11.7. The molecule has 0 fully saturated rings. The molecule has 180 valence electrons. The van der Waals surface area contributed by atoms with Crippen molar-refractivity contribution in [2.75, 3.05) is 44.5 Å². The van der Waals surface area contributed by atoms with Crippen LogP contribution in [0.2, 0.25) is 0 Å². The van der Waals surface area contributed by atoms with Gasteiger partial charge in [-0.05, 0) is 42.8 Å².